The Morgan fingerprint density at radius 2 is 2.00 bits per heavy atom. The molecule has 4 rings (SSSR count). The lowest BCUT2D eigenvalue weighted by Gasteiger charge is -2.23. The molecule has 1 atom stereocenters. The van der Waals surface area contributed by atoms with Crippen LogP contribution in [-0.2, 0) is 0 Å². The van der Waals surface area contributed by atoms with Crippen LogP contribution in [0, 0.1) is 5.82 Å². The van der Waals surface area contributed by atoms with E-state index in [0.717, 1.165) is 18.5 Å². The first kappa shape index (κ1) is 15.4. The molecule has 0 unspecified atom stereocenters. The third-order valence-corrected chi connectivity index (χ3v) is 4.35. The van der Waals surface area contributed by atoms with Gasteiger partial charge in [0, 0.05) is 12.7 Å². The summed E-state index contributed by atoms with van der Waals surface area (Å²) in [4.78, 5) is 19.0. The standard InChI is InChI=1S/C18H16FN5O/c19-13-6-8-14(9-7-13)24-12-16(21-22-24)18(25)23-11-3-5-17(23)15-4-1-2-10-20-15/h1-2,4,6-10,12,17H,3,5,11H2/t17-/m1/s1. The van der Waals surface area contributed by atoms with Gasteiger partial charge < -0.3 is 4.90 Å². The van der Waals surface area contributed by atoms with Crippen molar-refractivity contribution in [2.24, 2.45) is 0 Å². The Bertz CT molecular complexity index is 878. The van der Waals surface area contributed by atoms with Crippen LogP contribution in [0.5, 0.6) is 0 Å². The Hall–Kier alpha value is -3.09. The van der Waals surface area contributed by atoms with E-state index in [1.54, 1.807) is 29.4 Å². The molecule has 126 valence electrons. The van der Waals surface area contributed by atoms with Crippen LogP contribution in [0.2, 0.25) is 0 Å². The number of hydrogen-bond donors (Lipinski definition) is 0. The molecule has 0 saturated carbocycles. The van der Waals surface area contributed by atoms with Gasteiger partial charge in [0.1, 0.15) is 5.82 Å². The molecule has 3 aromatic rings. The summed E-state index contributed by atoms with van der Waals surface area (Å²) in [6, 6.07) is 11.5. The SMILES string of the molecule is O=C(c1cn(-c2ccc(F)cc2)nn1)N1CCC[C@@H]1c1ccccn1. The molecule has 1 fully saturated rings. The highest BCUT2D eigenvalue weighted by Gasteiger charge is 2.32. The van der Waals surface area contributed by atoms with Crippen molar-refractivity contribution in [3.8, 4) is 5.69 Å². The highest BCUT2D eigenvalue weighted by Crippen LogP contribution is 2.31. The zero-order valence-corrected chi connectivity index (χ0v) is 13.4. The van der Waals surface area contributed by atoms with Gasteiger partial charge in [-0.05, 0) is 49.2 Å². The van der Waals surface area contributed by atoms with Gasteiger partial charge >= 0.3 is 0 Å². The Morgan fingerprint density at radius 3 is 2.76 bits per heavy atom. The molecule has 2 aromatic heterocycles. The van der Waals surface area contributed by atoms with Gasteiger partial charge in [-0.25, -0.2) is 9.07 Å². The van der Waals surface area contributed by atoms with E-state index >= 15 is 0 Å². The van der Waals surface area contributed by atoms with Crippen LogP contribution >= 0.6 is 0 Å². The summed E-state index contributed by atoms with van der Waals surface area (Å²) in [5.41, 5.74) is 1.81. The third kappa shape index (κ3) is 3.00. The summed E-state index contributed by atoms with van der Waals surface area (Å²) < 4.78 is 14.5. The second-order valence-corrected chi connectivity index (χ2v) is 5.94. The fourth-order valence-electron chi connectivity index (χ4n) is 3.12. The van der Waals surface area contributed by atoms with E-state index in [1.807, 2.05) is 18.2 Å². The monoisotopic (exact) mass is 337 g/mol. The number of benzene rings is 1. The highest BCUT2D eigenvalue weighted by molar-refractivity contribution is 5.92. The molecule has 1 saturated heterocycles. The summed E-state index contributed by atoms with van der Waals surface area (Å²) >= 11 is 0. The molecule has 0 bridgehead atoms. The molecule has 1 amide bonds. The lowest BCUT2D eigenvalue weighted by atomic mass is 10.1. The van der Waals surface area contributed by atoms with Crippen LogP contribution in [0.15, 0.2) is 54.9 Å². The topological polar surface area (TPSA) is 63.9 Å². The number of likely N-dealkylation sites (tertiary alicyclic amines) is 1. The van der Waals surface area contributed by atoms with Gasteiger partial charge in [-0.3, -0.25) is 9.78 Å². The normalized spacial score (nSPS) is 17.0. The average Bonchev–Trinajstić information content (AvgIpc) is 3.32. The maximum absolute atomic E-state index is 13.0. The molecule has 6 nitrogen and oxygen atoms in total. The molecule has 1 aliphatic rings. The molecule has 0 radical (unpaired) electrons. The van der Waals surface area contributed by atoms with Crippen LogP contribution in [0.3, 0.4) is 0 Å². The molecule has 1 aliphatic heterocycles. The van der Waals surface area contributed by atoms with E-state index < -0.39 is 0 Å². The van der Waals surface area contributed by atoms with E-state index in [2.05, 4.69) is 15.3 Å². The van der Waals surface area contributed by atoms with E-state index in [-0.39, 0.29) is 23.5 Å². The van der Waals surface area contributed by atoms with Gasteiger partial charge in [-0.2, -0.15) is 0 Å². The summed E-state index contributed by atoms with van der Waals surface area (Å²) in [6.07, 6.45) is 5.12. The van der Waals surface area contributed by atoms with Crippen molar-refractivity contribution in [3.63, 3.8) is 0 Å². The molecule has 25 heavy (non-hydrogen) atoms. The lowest BCUT2D eigenvalue weighted by molar-refractivity contribution is 0.0727. The number of hydrogen-bond acceptors (Lipinski definition) is 4. The largest absolute Gasteiger partial charge is 0.329 e. The van der Waals surface area contributed by atoms with Crippen molar-refractivity contribution in [3.05, 3.63) is 72.1 Å². The number of amides is 1. The van der Waals surface area contributed by atoms with Crippen LogP contribution in [0.1, 0.15) is 35.1 Å². The van der Waals surface area contributed by atoms with E-state index in [0.29, 0.717) is 12.2 Å². The first-order chi connectivity index (χ1) is 12.2. The van der Waals surface area contributed by atoms with Gasteiger partial charge in [0.15, 0.2) is 5.69 Å². The number of carbonyl (C=O) groups is 1. The number of halogens is 1. The minimum atomic E-state index is -0.324. The van der Waals surface area contributed by atoms with Crippen molar-refractivity contribution in [2.75, 3.05) is 6.54 Å². The van der Waals surface area contributed by atoms with Gasteiger partial charge in [-0.15, -0.1) is 5.10 Å². The van der Waals surface area contributed by atoms with E-state index in [1.165, 1.54) is 16.8 Å². The first-order valence-corrected chi connectivity index (χ1v) is 8.12. The van der Waals surface area contributed by atoms with Crippen LogP contribution in [-0.4, -0.2) is 37.3 Å². The number of aromatic nitrogens is 4. The molecular weight excluding hydrogens is 321 g/mol. The average molecular weight is 337 g/mol. The molecule has 3 heterocycles. The van der Waals surface area contributed by atoms with Gasteiger partial charge in [0.2, 0.25) is 0 Å². The number of nitrogens with zero attached hydrogens (tertiary/aromatic N) is 5. The van der Waals surface area contributed by atoms with Crippen molar-refractivity contribution < 1.29 is 9.18 Å². The molecular formula is C18H16FN5O. The van der Waals surface area contributed by atoms with Crippen molar-refractivity contribution >= 4 is 5.91 Å². The summed E-state index contributed by atoms with van der Waals surface area (Å²) in [5.74, 6) is -0.489. The van der Waals surface area contributed by atoms with Crippen LogP contribution in [0.25, 0.3) is 5.69 Å². The smallest absolute Gasteiger partial charge is 0.276 e. The zero-order valence-electron chi connectivity index (χ0n) is 13.4. The quantitative estimate of drug-likeness (QED) is 0.737. The molecule has 1 aromatic carbocycles. The molecule has 0 N–H and O–H groups in total. The second-order valence-electron chi connectivity index (χ2n) is 5.94. The van der Waals surface area contributed by atoms with E-state index in [9.17, 15) is 9.18 Å². The molecule has 7 heteroatoms. The van der Waals surface area contributed by atoms with Crippen molar-refractivity contribution in [1.29, 1.82) is 0 Å². The summed E-state index contributed by atoms with van der Waals surface area (Å²) in [5, 5.41) is 7.98. The Morgan fingerprint density at radius 1 is 1.16 bits per heavy atom. The maximum Gasteiger partial charge on any atom is 0.276 e. The Kier molecular flexibility index (Phi) is 3.97. The minimum Gasteiger partial charge on any atom is -0.329 e. The van der Waals surface area contributed by atoms with Crippen LogP contribution in [0.4, 0.5) is 4.39 Å². The first-order valence-electron chi connectivity index (χ1n) is 8.12. The Balaban J connectivity index is 1.58. The fraction of sp³-hybridized carbons (Fsp3) is 0.222. The summed E-state index contributed by atoms with van der Waals surface area (Å²) in [7, 11) is 0. The van der Waals surface area contributed by atoms with Crippen molar-refractivity contribution in [1.82, 2.24) is 24.9 Å². The maximum atomic E-state index is 13.0. The second kappa shape index (κ2) is 6.43. The van der Waals surface area contributed by atoms with Crippen LogP contribution < -0.4 is 0 Å². The van der Waals surface area contributed by atoms with Gasteiger partial charge in [0.25, 0.3) is 5.91 Å². The number of pyridine rings is 1. The number of carbonyl (C=O) groups excluding carboxylic acids is 1. The minimum absolute atomic E-state index is 0.0373. The third-order valence-electron chi connectivity index (χ3n) is 4.35. The summed E-state index contributed by atoms with van der Waals surface area (Å²) in [6.45, 7) is 0.670. The molecule has 0 spiro atoms. The predicted molar refractivity (Wildman–Crippen MR) is 88.6 cm³/mol. The zero-order chi connectivity index (χ0) is 17.2. The predicted octanol–water partition coefficient (Wildman–Crippen LogP) is 2.78. The number of rotatable bonds is 3. The fourth-order valence-corrected chi connectivity index (χ4v) is 3.12. The van der Waals surface area contributed by atoms with Crippen molar-refractivity contribution in [2.45, 2.75) is 18.9 Å². The van der Waals surface area contributed by atoms with Gasteiger partial charge in [-0.1, -0.05) is 11.3 Å². The van der Waals surface area contributed by atoms with Gasteiger partial charge in [0.05, 0.1) is 23.6 Å². The Labute approximate surface area is 143 Å². The highest BCUT2D eigenvalue weighted by atomic mass is 19.1. The van der Waals surface area contributed by atoms with E-state index in [4.69, 9.17) is 0 Å². The lowest BCUT2D eigenvalue weighted by Crippen LogP contribution is -2.31. The molecule has 0 aliphatic carbocycles.